The normalized spacial score (nSPS) is 11.1. The number of hydrogen-bond donors (Lipinski definition) is 2. The fraction of sp³-hybridized carbons (Fsp3) is 0.130. The highest BCUT2D eigenvalue weighted by Gasteiger charge is 2.06. The Hall–Kier alpha value is -4.60. The third-order valence-electron chi connectivity index (χ3n) is 4.43. The van der Waals surface area contributed by atoms with E-state index in [9.17, 15) is 20.0 Å². The van der Waals surface area contributed by atoms with Crippen LogP contribution in [0.4, 0.5) is 17.1 Å². The van der Waals surface area contributed by atoms with Crippen molar-refractivity contribution in [2.45, 2.75) is 13.8 Å². The molecule has 168 valence electrons. The first-order chi connectivity index (χ1) is 15.8. The summed E-state index contributed by atoms with van der Waals surface area (Å²) < 4.78 is 5.49. The van der Waals surface area contributed by atoms with E-state index in [1.165, 1.54) is 48.7 Å². The summed E-state index contributed by atoms with van der Waals surface area (Å²) in [6.45, 7) is 3.66. The fourth-order valence-corrected chi connectivity index (χ4v) is 2.77. The van der Waals surface area contributed by atoms with E-state index in [0.717, 1.165) is 11.1 Å². The summed E-state index contributed by atoms with van der Waals surface area (Å²) in [7, 11) is 0. The molecule has 0 aliphatic rings. The van der Waals surface area contributed by atoms with Gasteiger partial charge in [-0.25, -0.2) is 5.43 Å². The van der Waals surface area contributed by atoms with Crippen molar-refractivity contribution in [2.24, 2.45) is 15.3 Å². The molecule has 0 saturated carbocycles. The summed E-state index contributed by atoms with van der Waals surface area (Å²) in [4.78, 5) is 22.2. The minimum absolute atomic E-state index is 0.0430. The van der Waals surface area contributed by atoms with E-state index in [1.807, 2.05) is 26.0 Å². The van der Waals surface area contributed by atoms with Crippen LogP contribution in [0.5, 0.6) is 11.5 Å². The van der Waals surface area contributed by atoms with Crippen LogP contribution < -0.4 is 10.2 Å². The lowest BCUT2D eigenvalue weighted by atomic mass is 10.1. The van der Waals surface area contributed by atoms with Gasteiger partial charge in [-0.3, -0.25) is 14.9 Å². The number of amides is 1. The van der Waals surface area contributed by atoms with Crippen molar-refractivity contribution in [1.29, 1.82) is 0 Å². The summed E-state index contributed by atoms with van der Waals surface area (Å²) in [5.41, 5.74) is 5.48. The maximum absolute atomic E-state index is 12.0. The average Bonchev–Trinajstić information content (AvgIpc) is 2.79. The minimum Gasteiger partial charge on any atom is -0.507 e. The number of hydrazone groups is 1. The lowest BCUT2D eigenvalue weighted by molar-refractivity contribution is -0.384. The Balaban J connectivity index is 1.58. The number of nitro benzene ring substituents is 1. The summed E-state index contributed by atoms with van der Waals surface area (Å²) in [6, 6.07) is 15.7. The standard InChI is InChI=1S/C23H21N5O5/c1-15-3-10-22(16(2)11-15)33-14-23(30)27-24-13-17-12-19(6-9-21(17)29)26-25-18-4-7-20(8-5-18)28(31)32/h3-13,29H,14H2,1-2H3,(H,27,30)/b24-13+,26-25?. The molecule has 3 rings (SSSR count). The second-order valence-electron chi connectivity index (χ2n) is 7.07. The number of nitro groups is 1. The second-order valence-corrected chi connectivity index (χ2v) is 7.07. The highest BCUT2D eigenvalue weighted by atomic mass is 16.6. The van der Waals surface area contributed by atoms with Gasteiger partial charge in [-0.2, -0.15) is 15.3 Å². The Bertz CT molecular complexity index is 1220. The van der Waals surface area contributed by atoms with Gasteiger partial charge in [0.2, 0.25) is 0 Å². The van der Waals surface area contributed by atoms with E-state index in [0.29, 0.717) is 22.7 Å². The second kappa shape index (κ2) is 10.6. The molecule has 1 amide bonds. The topological polar surface area (TPSA) is 139 Å². The monoisotopic (exact) mass is 447 g/mol. The molecule has 3 aromatic rings. The SMILES string of the molecule is Cc1ccc(OCC(=O)N/N=C/c2cc(N=Nc3ccc([N+](=O)[O-])cc3)ccc2O)c(C)c1. The molecule has 10 nitrogen and oxygen atoms in total. The third-order valence-corrected chi connectivity index (χ3v) is 4.43. The van der Waals surface area contributed by atoms with Gasteiger partial charge in [0.15, 0.2) is 6.61 Å². The minimum atomic E-state index is -0.499. The van der Waals surface area contributed by atoms with E-state index in [4.69, 9.17) is 4.74 Å². The Morgan fingerprint density at radius 3 is 2.45 bits per heavy atom. The number of aromatic hydroxyl groups is 1. The molecule has 0 bridgehead atoms. The van der Waals surface area contributed by atoms with Crippen molar-refractivity contribution in [3.8, 4) is 11.5 Å². The van der Waals surface area contributed by atoms with Crippen molar-refractivity contribution in [1.82, 2.24) is 5.43 Å². The van der Waals surface area contributed by atoms with Gasteiger partial charge in [0, 0.05) is 17.7 Å². The van der Waals surface area contributed by atoms with Gasteiger partial charge >= 0.3 is 0 Å². The molecular formula is C23H21N5O5. The van der Waals surface area contributed by atoms with E-state index < -0.39 is 10.8 Å². The molecule has 0 fully saturated rings. The molecule has 0 aromatic heterocycles. The number of ether oxygens (including phenoxy) is 1. The average molecular weight is 447 g/mol. The van der Waals surface area contributed by atoms with Crippen LogP contribution in [0.1, 0.15) is 16.7 Å². The van der Waals surface area contributed by atoms with Gasteiger partial charge in [-0.05, 0) is 55.8 Å². The largest absolute Gasteiger partial charge is 0.507 e. The van der Waals surface area contributed by atoms with E-state index in [-0.39, 0.29) is 18.0 Å². The quantitative estimate of drug-likeness (QED) is 0.220. The van der Waals surface area contributed by atoms with E-state index >= 15 is 0 Å². The molecule has 0 spiro atoms. The molecule has 0 saturated heterocycles. The van der Waals surface area contributed by atoms with Crippen LogP contribution in [-0.4, -0.2) is 28.8 Å². The number of nitrogens with one attached hydrogen (secondary N) is 1. The number of aryl methyl sites for hydroxylation is 2. The molecule has 0 aliphatic heterocycles. The zero-order valence-electron chi connectivity index (χ0n) is 17.9. The smallest absolute Gasteiger partial charge is 0.277 e. The number of phenolic OH excluding ortho intramolecular Hbond substituents is 1. The van der Waals surface area contributed by atoms with Crippen molar-refractivity contribution in [3.05, 3.63) is 87.5 Å². The van der Waals surface area contributed by atoms with Crippen molar-refractivity contribution in [2.75, 3.05) is 6.61 Å². The van der Waals surface area contributed by atoms with Crippen LogP contribution >= 0.6 is 0 Å². The Morgan fingerprint density at radius 2 is 1.76 bits per heavy atom. The van der Waals surface area contributed by atoms with Crippen molar-refractivity contribution < 1.29 is 19.6 Å². The molecule has 0 heterocycles. The highest BCUT2D eigenvalue weighted by molar-refractivity contribution is 5.86. The zero-order chi connectivity index (χ0) is 23.8. The molecule has 2 N–H and O–H groups in total. The molecule has 0 aliphatic carbocycles. The van der Waals surface area contributed by atoms with Crippen LogP contribution in [0.3, 0.4) is 0 Å². The predicted octanol–water partition coefficient (Wildman–Crippen LogP) is 4.86. The lowest BCUT2D eigenvalue weighted by Crippen LogP contribution is -2.24. The lowest BCUT2D eigenvalue weighted by Gasteiger charge is -2.08. The molecular weight excluding hydrogens is 426 g/mol. The number of rotatable bonds is 8. The Kier molecular flexibility index (Phi) is 7.43. The molecule has 0 unspecified atom stereocenters. The third kappa shape index (κ3) is 6.69. The van der Waals surface area contributed by atoms with Crippen LogP contribution in [0.15, 0.2) is 76.0 Å². The van der Waals surface area contributed by atoms with Crippen LogP contribution in [0.2, 0.25) is 0 Å². The number of non-ortho nitro benzene ring substituents is 1. The number of phenols is 1. The number of benzene rings is 3. The van der Waals surface area contributed by atoms with Crippen LogP contribution in [0, 0.1) is 24.0 Å². The van der Waals surface area contributed by atoms with E-state index in [2.05, 4.69) is 20.8 Å². The summed E-state index contributed by atoms with van der Waals surface area (Å²) >= 11 is 0. The molecule has 0 atom stereocenters. The predicted molar refractivity (Wildman–Crippen MR) is 123 cm³/mol. The number of azo groups is 1. The Labute approximate surface area is 189 Å². The van der Waals surface area contributed by atoms with Gasteiger partial charge in [-0.1, -0.05) is 17.7 Å². The van der Waals surface area contributed by atoms with Gasteiger partial charge < -0.3 is 9.84 Å². The zero-order valence-corrected chi connectivity index (χ0v) is 17.9. The summed E-state index contributed by atoms with van der Waals surface area (Å²) in [5.74, 6) is 0.0944. The van der Waals surface area contributed by atoms with Gasteiger partial charge in [0.25, 0.3) is 11.6 Å². The number of hydrogen-bond acceptors (Lipinski definition) is 8. The molecule has 33 heavy (non-hydrogen) atoms. The number of carbonyl (C=O) groups is 1. The summed E-state index contributed by atoms with van der Waals surface area (Å²) in [6.07, 6.45) is 1.27. The number of nitrogens with zero attached hydrogens (tertiary/aromatic N) is 4. The fourth-order valence-electron chi connectivity index (χ4n) is 2.77. The van der Waals surface area contributed by atoms with Crippen LogP contribution in [0.25, 0.3) is 0 Å². The van der Waals surface area contributed by atoms with Crippen molar-refractivity contribution >= 4 is 29.2 Å². The van der Waals surface area contributed by atoms with Crippen LogP contribution in [-0.2, 0) is 4.79 Å². The highest BCUT2D eigenvalue weighted by Crippen LogP contribution is 2.25. The maximum atomic E-state index is 12.0. The Morgan fingerprint density at radius 1 is 1.06 bits per heavy atom. The van der Waals surface area contributed by atoms with Gasteiger partial charge in [0.05, 0.1) is 22.5 Å². The maximum Gasteiger partial charge on any atom is 0.277 e. The molecule has 3 aromatic carbocycles. The first-order valence-corrected chi connectivity index (χ1v) is 9.83. The first kappa shape index (κ1) is 23.1. The number of carbonyl (C=O) groups excluding carboxylic acids is 1. The van der Waals surface area contributed by atoms with Crippen molar-refractivity contribution in [3.63, 3.8) is 0 Å². The molecule has 10 heteroatoms. The summed E-state index contributed by atoms with van der Waals surface area (Å²) in [5, 5.41) is 32.6. The van der Waals surface area contributed by atoms with E-state index in [1.54, 1.807) is 6.07 Å². The van der Waals surface area contributed by atoms with Gasteiger partial charge in [0.1, 0.15) is 11.5 Å². The van der Waals surface area contributed by atoms with Gasteiger partial charge in [-0.15, -0.1) is 0 Å². The first-order valence-electron chi connectivity index (χ1n) is 9.83. The molecule has 0 radical (unpaired) electrons.